The Hall–Kier alpha value is -0.830. The number of rotatable bonds is 5. The predicted molar refractivity (Wildman–Crippen MR) is 62.8 cm³/mol. The normalized spacial score (nSPS) is 9.20. The van der Waals surface area contributed by atoms with Gasteiger partial charge in [0.1, 0.15) is 0 Å². The molecule has 0 aliphatic rings. The largest absolute Gasteiger partial charge is 0.462 e. The van der Waals surface area contributed by atoms with Crippen molar-refractivity contribution in [1.29, 1.82) is 0 Å². The average Bonchev–Trinajstić information content (AvgIpc) is 2.16. The maximum atomic E-state index is 10.7. The number of carbonyl (C=O) groups is 1. The van der Waals surface area contributed by atoms with Gasteiger partial charge in [0.2, 0.25) is 0 Å². The average molecular weight is 216 g/mol. The second-order valence-corrected chi connectivity index (χ2v) is 3.55. The Morgan fingerprint density at radius 1 is 1.27 bits per heavy atom. The highest BCUT2D eigenvalue weighted by molar-refractivity contribution is 5.86. The number of esters is 1. The van der Waals surface area contributed by atoms with Crippen molar-refractivity contribution >= 4 is 5.97 Å². The van der Waals surface area contributed by atoms with E-state index in [9.17, 15) is 4.79 Å². The SMILES string of the molecule is C=C(C)C(=O)OCC(C)C.CCOCC. The van der Waals surface area contributed by atoms with Gasteiger partial charge in [-0.1, -0.05) is 20.4 Å². The number of hydrogen-bond donors (Lipinski definition) is 0. The van der Waals surface area contributed by atoms with Gasteiger partial charge in [-0.3, -0.25) is 0 Å². The minimum atomic E-state index is -0.297. The van der Waals surface area contributed by atoms with Crippen LogP contribution in [0.15, 0.2) is 12.2 Å². The van der Waals surface area contributed by atoms with E-state index in [0.717, 1.165) is 13.2 Å². The van der Waals surface area contributed by atoms with E-state index in [0.29, 0.717) is 18.1 Å². The predicted octanol–water partition coefficient (Wildman–Crippen LogP) is 2.80. The molecule has 0 N–H and O–H groups in total. The fourth-order valence-corrected chi connectivity index (χ4v) is 0.570. The van der Waals surface area contributed by atoms with Crippen LogP contribution in [-0.2, 0) is 14.3 Å². The summed E-state index contributed by atoms with van der Waals surface area (Å²) < 4.78 is 9.66. The molecule has 0 radical (unpaired) electrons. The molecule has 0 saturated heterocycles. The third-order valence-electron chi connectivity index (χ3n) is 1.30. The molecular weight excluding hydrogens is 192 g/mol. The van der Waals surface area contributed by atoms with E-state index in [1.54, 1.807) is 6.92 Å². The molecule has 0 atom stereocenters. The van der Waals surface area contributed by atoms with E-state index in [-0.39, 0.29) is 5.97 Å². The van der Waals surface area contributed by atoms with E-state index in [4.69, 9.17) is 9.47 Å². The molecule has 3 heteroatoms. The summed E-state index contributed by atoms with van der Waals surface area (Å²) >= 11 is 0. The van der Waals surface area contributed by atoms with Gasteiger partial charge in [0.25, 0.3) is 0 Å². The second kappa shape index (κ2) is 11.2. The Balaban J connectivity index is 0. The second-order valence-electron chi connectivity index (χ2n) is 3.55. The molecule has 0 aromatic rings. The van der Waals surface area contributed by atoms with Crippen molar-refractivity contribution in [2.75, 3.05) is 19.8 Å². The zero-order chi connectivity index (χ0) is 12.3. The van der Waals surface area contributed by atoms with Crippen molar-refractivity contribution in [3.05, 3.63) is 12.2 Å². The van der Waals surface area contributed by atoms with Crippen LogP contribution in [-0.4, -0.2) is 25.8 Å². The molecule has 0 spiro atoms. The summed E-state index contributed by atoms with van der Waals surface area (Å²) in [5, 5.41) is 0. The Morgan fingerprint density at radius 2 is 1.73 bits per heavy atom. The lowest BCUT2D eigenvalue weighted by Gasteiger charge is -2.05. The standard InChI is InChI=1S/C8H14O2.C4H10O/c1-6(2)5-10-8(9)7(3)4;1-3-5-4-2/h6H,3,5H2,1-2,4H3;3-4H2,1-2H3. The minimum absolute atomic E-state index is 0.297. The highest BCUT2D eigenvalue weighted by Gasteiger charge is 2.03. The Labute approximate surface area is 93.5 Å². The van der Waals surface area contributed by atoms with Gasteiger partial charge in [-0.15, -0.1) is 0 Å². The monoisotopic (exact) mass is 216 g/mol. The molecule has 3 nitrogen and oxygen atoms in total. The summed E-state index contributed by atoms with van der Waals surface area (Å²) in [6.07, 6.45) is 0. The molecule has 0 aromatic carbocycles. The topological polar surface area (TPSA) is 35.5 Å². The van der Waals surface area contributed by atoms with Gasteiger partial charge in [-0.25, -0.2) is 4.79 Å². The van der Waals surface area contributed by atoms with Crippen molar-refractivity contribution in [2.45, 2.75) is 34.6 Å². The number of carbonyl (C=O) groups excluding carboxylic acids is 1. The van der Waals surface area contributed by atoms with Crippen LogP contribution in [0.1, 0.15) is 34.6 Å². The van der Waals surface area contributed by atoms with E-state index >= 15 is 0 Å². The number of ether oxygens (including phenoxy) is 2. The maximum Gasteiger partial charge on any atom is 0.333 e. The van der Waals surface area contributed by atoms with Crippen LogP contribution in [0.4, 0.5) is 0 Å². The summed E-state index contributed by atoms with van der Waals surface area (Å²) in [7, 11) is 0. The summed E-state index contributed by atoms with van der Waals surface area (Å²) in [5.41, 5.74) is 0.459. The molecule has 0 unspecified atom stereocenters. The highest BCUT2D eigenvalue weighted by Crippen LogP contribution is 1.97. The van der Waals surface area contributed by atoms with E-state index in [1.165, 1.54) is 0 Å². The quantitative estimate of drug-likeness (QED) is 0.523. The molecule has 15 heavy (non-hydrogen) atoms. The van der Waals surface area contributed by atoms with Crippen molar-refractivity contribution in [3.8, 4) is 0 Å². The lowest BCUT2D eigenvalue weighted by molar-refractivity contribution is -0.139. The summed E-state index contributed by atoms with van der Waals surface area (Å²) in [6, 6.07) is 0. The molecule has 0 amide bonds. The zero-order valence-electron chi connectivity index (χ0n) is 10.6. The molecule has 0 aliphatic heterocycles. The van der Waals surface area contributed by atoms with Gasteiger partial charge in [-0.2, -0.15) is 0 Å². The van der Waals surface area contributed by atoms with Crippen molar-refractivity contribution < 1.29 is 14.3 Å². The third-order valence-corrected chi connectivity index (χ3v) is 1.30. The van der Waals surface area contributed by atoms with Crippen molar-refractivity contribution in [2.24, 2.45) is 5.92 Å². The first kappa shape index (κ1) is 16.6. The van der Waals surface area contributed by atoms with Crippen LogP contribution in [0.2, 0.25) is 0 Å². The molecule has 90 valence electrons. The maximum absolute atomic E-state index is 10.7. The van der Waals surface area contributed by atoms with Gasteiger partial charge in [0, 0.05) is 18.8 Å². The first-order valence-electron chi connectivity index (χ1n) is 5.35. The van der Waals surface area contributed by atoms with Crippen LogP contribution in [0.3, 0.4) is 0 Å². The molecule has 0 aliphatic carbocycles. The fraction of sp³-hybridized carbons (Fsp3) is 0.750. The fourth-order valence-electron chi connectivity index (χ4n) is 0.570. The van der Waals surface area contributed by atoms with Gasteiger partial charge in [-0.05, 0) is 26.7 Å². The Bertz CT molecular complexity index is 172. The molecule has 0 saturated carbocycles. The molecule has 0 heterocycles. The van der Waals surface area contributed by atoms with E-state index in [1.807, 2.05) is 27.7 Å². The summed E-state index contributed by atoms with van der Waals surface area (Å²) in [4.78, 5) is 10.7. The van der Waals surface area contributed by atoms with Gasteiger partial charge in [0.15, 0.2) is 0 Å². The zero-order valence-corrected chi connectivity index (χ0v) is 10.6. The van der Waals surface area contributed by atoms with Crippen LogP contribution < -0.4 is 0 Å². The van der Waals surface area contributed by atoms with Crippen LogP contribution in [0, 0.1) is 5.92 Å². The lowest BCUT2D eigenvalue weighted by Crippen LogP contribution is -2.09. The Kier molecular flexibility index (Phi) is 12.4. The smallest absolute Gasteiger partial charge is 0.333 e. The van der Waals surface area contributed by atoms with Crippen molar-refractivity contribution in [1.82, 2.24) is 0 Å². The first-order chi connectivity index (χ1) is 6.95. The first-order valence-corrected chi connectivity index (χ1v) is 5.35. The highest BCUT2D eigenvalue weighted by atomic mass is 16.5. The van der Waals surface area contributed by atoms with Crippen LogP contribution >= 0.6 is 0 Å². The van der Waals surface area contributed by atoms with Gasteiger partial charge >= 0.3 is 5.97 Å². The van der Waals surface area contributed by atoms with E-state index < -0.39 is 0 Å². The Morgan fingerprint density at radius 3 is 1.93 bits per heavy atom. The van der Waals surface area contributed by atoms with Crippen molar-refractivity contribution in [3.63, 3.8) is 0 Å². The minimum Gasteiger partial charge on any atom is -0.462 e. The number of hydrogen-bond acceptors (Lipinski definition) is 3. The molecular formula is C12H24O3. The van der Waals surface area contributed by atoms with E-state index in [2.05, 4.69) is 6.58 Å². The van der Waals surface area contributed by atoms with Crippen LogP contribution in [0.25, 0.3) is 0 Å². The molecule has 0 rings (SSSR count). The molecule has 0 fully saturated rings. The van der Waals surface area contributed by atoms with Crippen LogP contribution in [0.5, 0.6) is 0 Å². The third kappa shape index (κ3) is 15.9. The molecule has 0 aromatic heterocycles. The summed E-state index contributed by atoms with van der Waals surface area (Å²) in [6.45, 7) is 15.2. The lowest BCUT2D eigenvalue weighted by atomic mass is 10.2. The molecule has 0 bridgehead atoms. The van der Waals surface area contributed by atoms with Gasteiger partial charge in [0.05, 0.1) is 6.61 Å². The summed E-state index contributed by atoms with van der Waals surface area (Å²) in [5.74, 6) is 0.0944. The van der Waals surface area contributed by atoms with Gasteiger partial charge < -0.3 is 9.47 Å².